The summed E-state index contributed by atoms with van der Waals surface area (Å²) in [6.45, 7) is 3.24. The normalized spacial score (nSPS) is 11.2. The molecule has 0 aromatic heterocycles. The average Bonchev–Trinajstić information content (AvgIpc) is 2.77. The minimum atomic E-state index is -0.0401. The smallest absolute Gasteiger partial charge is 0.260 e. The van der Waals surface area contributed by atoms with Gasteiger partial charge in [0.25, 0.3) is 5.91 Å². The fourth-order valence-electron chi connectivity index (χ4n) is 3.15. The van der Waals surface area contributed by atoms with E-state index in [1.54, 1.807) is 24.3 Å². The van der Waals surface area contributed by atoms with E-state index in [1.807, 2.05) is 41.3 Å². The highest BCUT2D eigenvalue weighted by Crippen LogP contribution is 2.16. The van der Waals surface area contributed by atoms with Crippen molar-refractivity contribution in [2.45, 2.75) is 13.3 Å². The first-order valence-corrected chi connectivity index (χ1v) is 10.4. The third-order valence-electron chi connectivity index (χ3n) is 4.69. The van der Waals surface area contributed by atoms with Crippen molar-refractivity contribution in [2.75, 3.05) is 19.7 Å². The van der Waals surface area contributed by atoms with Gasteiger partial charge in [0, 0.05) is 18.1 Å². The van der Waals surface area contributed by atoms with Gasteiger partial charge in [0.2, 0.25) is 0 Å². The maximum Gasteiger partial charge on any atom is 0.260 e. The van der Waals surface area contributed by atoms with Gasteiger partial charge in [-0.1, -0.05) is 83.9 Å². The summed E-state index contributed by atoms with van der Waals surface area (Å²) in [5, 5.41) is 0.639. The number of rotatable bonds is 9. The third kappa shape index (κ3) is 7.09. The van der Waals surface area contributed by atoms with Gasteiger partial charge in [-0.2, -0.15) is 0 Å². The SMILES string of the molecule is C/C(=C\c1ccccc1)CN(CCc1ccccc1)C(=O)COc1ccc(Cl)cc1. The molecular weight excluding hydrogens is 394 g/mol. The summed E-state index contributed by atoms with van der Waals surface area (Å²) < 4.78 is 5.69. The minimum Gasteiger partial charge on any atom is -0.484 e. The van der Waals surface area contributed by atoms with E-state index >= 15 is 0 Å². The zero-order valence-corrected chi connectivity index (χ0v) is 17.9. The van der Waals surface area contributed by atoms with Crippen LogP contribution in [0, 0.1) is 0 Å². The highest BCUT2D eigenvalue weighted by molar-refractivity contribution is 6.30. The van der Waals surface area contributed by atoms with E-state index in [0.29, 0.717) is 23.9 Å². The van der Waals surface area contributed by atoms with E-state index in [-0.39, 0.29) is 12.5 Å². The molecule has 3 aromatic rings. The molecule has 0 atom stereocenters. The zero-order chi connectivity index (χ0) is 21.2. The first-order valence-electron chi connectivity index (χ1n) is 10.0. The molecule has 154 valence electrons. The number of benzene rings is 3. The average molecular weight is 420 g/mol. The van der Waals surface area contributed by atoms with Gasteiger partial charge < -0.3 is 9.64 Å². The van der Waals surface area contributed by atoms with Crippen LogP contribution in [0.5, 0.6) is 5.75 Å². The van der Waals surface area contributed by atoms with Gasteiger partial charge >= 0.3 is 0 Å². The van der Waals surface area contributed by atoms with E-state index in [2.05, 4.69) is 37.3 Å². The molecule has 1 amide bonds. The second-order valence-corrected chi connectivity index (χ2v) is 7.63. The van der Waals surface area contributed by atoms with E-state index in [0.717, 1.165) is 17.6 Å². The summed E-state index contributed by atoms with van der Waals surface area (Å²) in [6.07, 6.45) is 2.91. The quantitative estimate of drug-likeness (QED) is 0.432. The van der Waals surface area contributed by atoms with Gasteiger partial charge in [0.05, 0.1) is 0 Å². The van der Waals surface area contributed by atoms with Crippen molar-refractivity contribution in [2.24, 2.45) is 0 Å². The van der Waals surface area contributed by atoms with Crippen LogP contribution in [0.2, 0.25) is 5.02 Å². The third-order valence-corrected chi connectivity index (χ3v) is 4.95. The van der Waals surface area contributed by atoms with Gasteiger partial charge in [-0.05, 0) is 48.7 Å². The van der Waals surface area contributed by atoms with Crippen LogP contribution in [0.4, 0.5) is 0 Å². The molecule has 0 saturated carbocycles. The number of hydrogen-bond donors (Lipinski definition) is 0. The van der Waals surface area contributed by atoms with Gasteiger partial charge in [-0.3, -0.25) is 4.79 Å². The Morgan fingerprint density at radius 2 is 1.57 bits per heavy atom. The molecule has 0 heterocycles. The molecule has 0 radical (unpaired) electrons. The molecule has 0 aliphatic heterocycles. The molecule has 3 nitrogen and oxygen atoms in total. The summed E-state index contributed by atoms with van der Waals surface area (Å²) in [4.78, 5) is 14.8. The van der Waals surface area contributed by atoms with Crippen LogP contribution >= 0.6 is 11.6 Å². The van der Waals surface area contributed by atoms with Crippen molar-refractivity contribution in [1.82, 2.24) is 4.90 Å². The number of halogens is 1. The lowest BCUT2D eigenvalue weighted by atomic mass is 10.1. The van der Waals surface area contributed by atoms with Gasteiger partial charge in [-0.15, -0.1) is 0 Å². The first kappa shape index (κ1) is 21.7. The van der Waals surface area contributed by atoms with Crippen LogP contribution in [0.15, 0.2) is 90.5 Å². The molecule has 0 bridgehead atoms. The predicted molar refractivity (Wildman–Crippen MR) is 124 cm³/mol. The van der Waals surface area contributed by atoms with E-state index in [9.17, 15) is 4.79 Å². The maximum absolute atomic E-state index is 12.9. The second kappa shape index (κ2) is 11.2. The predicted octanol–water partition coefficient (Wildman–Crippen LogP) is 5.89. The zero-order valence-electron chi connectivity index (χ0n) is 17.1. The summed E-state index contributed by atoms with van der Waals surface area (Å²) in [5.41, 5.74) is 3.45. The number of hydrogen-bond acceptors (Lipinski definition) is 2. The van der Waals surface area contributed by atoms with Crippen molar-refractivity contribution < 1.29 is 9.53 Å². The highest BCUT2D eigenvalue weighted by atomic mass is 35.5. The highest BCUT2D eigenvalue weighted by Gasteiger charge is 2.15. The number of carbonyl (C=O) groups is 1. The Hall–Kier alpha value is -3.04. The monoisotopic (exact) mass is 419 g/mol. The maximum atomic E-state index is 12.9. The molecule has 0 aliphatic rings. The Kier molecular flexibility index (Phi) is 8.10. The van der Waals surface area contributed by atoms with E-state index < -0.39 is 0 Å². The lowest BCUT2D eigenvalue weighted by Gasteiger charge is -2.23. The van der Waals surface area contributed by atoms with Crippen LogP contribution in [0.25, 0.3) is 6.08 Å². The van der Waals surface area contributed by atoms with Crippen molar-refractivity contribution in [3.8, 4) is 5.75 Å². The van der Waals surface area contributed by atoms with Crippen LogP contribution in [0.1, 0.15) is 18.1 Å². The lowest BCUT2D eigenvalue weighted by molar-refractivity contribution is -0.132. The minimum absolute atomic E-state index is 0.00492. The van der Waals surface area contributed by atoms with Crippen LogP contribution in [-0.4, -0.2) is 30.5 Å². The van der Waals surface area contributed by atoms with Crippen LogP contribution in [0.3, 0.4) is 0 Å². The molecule has 3 aromatic carbocycles. The Bertz CT molecular complexity index is 953. The summed E-state index contributed by atoms with van der Waals surface area (Å²) >= 11 is 5.91. The molecule has 30 heavy (non-hydrogen) atoms. The summed E-state index contributed by atoms with van der Waals surface area (Å²) in [5.74, 6) is 0.592. The molecular formula is C26H26ClNO2. The number of nitrogens with zero attached hydrogens (tertiary/aromatic N) is 1. The van der Waals surface area contributed by atoms with Crippen molar-refractivity contribution in [3.05, 3.63) is 107 Å². The molecule has 4 heteroatoms. The van der Waals surface area contributed by atoms with Gasteiger partial charge in [0.15, 0.2) is 6.61 Å². The van der Waals surface area contributed by atoms with Gasteiger partial charge in [-0.25, -0.2) is 0 Å². The number of ether oxygens (including phenoxy) is 1. The standard InChI is InChI=1S/C26H26ClNO2/c1-21(18-23-10-6-3-7-11-23)19-28(17-16-22-8-4-2-5-9-22)26(29)20-30-25-14-12-24(27)13-15-25/h2-15,18H,16-17,19-20H2,1H3/b21-18+. The lowest BCUT2D eigenvalue weighted by Crippen LogP contribution is -2.37. The van der Waals surface area contributed by atoms with Crippen molar-refractivity contribution in [3.63, 3.8) is 0 Å². The Labute approximate surface area is 183 Å². The number of amides is 1. The molecule has 0 unspecified atom stereocenters. The molecule has 0 N–H and O–H groups in total. The molecule has 0 saturated heterocycles. The summed E-state index contributed by atoms with van der Waals surface area (Å²) in [6, 6.07) is 27.4. The van der Waals surface area contributed by atoms with Gasteiger partial charge in [0.1, 0.15) is 5.75 Å². The Balaban J connectivity index is 1.66. The van der Waals surface area contributed by atoms with Crippen LogP contribution in [-0.2, 0) is 11.2 Å². The van der Waals surface area contributed by atoms with E-state index in [4.69, 9.17) is 16.3 Å². The summed E-state index contributed by atoms with van der Waals surface area (Å²) in [7, 11) is 0. The number of carbonyl (C=O) groups excluding carboxylic acids is 1. The second-order valence-electron chi connectivity index (χ2n) is 7.19. The fraction of sp³-hybridized carbons (Fsp3) is 0.192. The molecule has 0 fully saturated rings. The van der Waals surface area contributed by atoms with Crippen molar-refractivity contribution >= 4 is 23.6 Å². The van der Waals surface area contributed by atoms with Crippen LogP contribution < -0.4 is 4.74 Å². The Morgan fingerprint density at radius 1 is 0.933 bits per heavy atom. The van der Waals surface area contributed by atoms with E-state index in [1.165, 1.54) is 5.56 Å². The fourth-order valence-corrected chi connectivity index (χ4v) is 3.27. The Morgan fingerprint density at radius 3 is 2.23 bits per heavy atom. The molecule has 0 spiro atoms. The first-order chi connectivity index (χ1) is 14.6. The molecule has 0 aliphatic carbocycles. The largest absolute Gasteiger partial charge is 0.484 e. The van der Waals surface area contributed by atoms with Crippen molar-refractivity contribution in [1.29, 1.82) is 0 Å². The topological polar surface area (TPSA) is 29.5 Å². The molecule has 3 rings (SSSR count).